The third-order valence-electron chi connectivity index (χ3n) is 5.59. The zero-order valence-electron chi connectivity index (χ0n) is 18.9. The summed E-state index contributed by atoms with van der Waals surface area (Å²) in [6, 6.07) is 10.2. The van der Waals surface area contributed by atoms with Gasteiger partial charge in [0.2, 0.25) is 5.78 Å². The van der Waals surface area contributed by atoms with Gasteiger partial charge in [0.25, 0.3) is 5.91 Å². The van der Waals surface area contributed by atoms with Crippen LogP contribution in [0.4, 0.5) is 4.79 Å². The van der Waals surface area contributed by atoms with E-state index in [0.29, 0.717) is 25.1 Å². The van der Waals surface area contributed by atoms with Crippen molar-refractivity contribution in [1.29, 1.82) is 0 Å². The highest BCUT2D eigenvalue weighted by Crippen LogP contribution is 2.18. The number of nitrogens with zero attached hydrogens (tertiary/aromatic N) is 1. The number of alkyl carbamates (subject to hydrolysis) is 1. The molecule has 33 heavy (non-hydrogen) atoms. The van der Waals surface area contributed by atoms with Crippen LogP contribution in [0.15, 0.2) is 36.4 Å². The van der Waals surface area contributed by atoms with Crippen molar-refractivity contribution in [3.63, 3.8) is 0 Å². The molecular formula is C24H30N4O5. The monoisotopic (exact) mass is 454 g/mol. The summed E-state index contributed by atoms with van der Waals surface area (Å²) in [7, 11) is 0. The summed E-state index contributed by atoms with van der Waals surface area (Å²) in [5.41, 5.74) is 2.37. The number of H-pyrrole nitrogens is 1. The smallest absolute Gasteiger partial charge is 0.408 e. The molecule has 176 valence electrons. The third kappa shape index (κ3) is 7.00. The highest BCUT2D eigenvalue weighted by atomic mass is 16.5. The van der Waals surface area contributed by atoms with Gasteiger partial charge >= 0.3 is 6.09 Å². The number of hydrogen-bond acceptors (Lipinski definition) is 6. The van der Waals surface area contributed by atoms with E-state index in [-0.39, 0.29) is 31.1 Å². The first kappa shape index (κ1) is 24.2. The maximum atomic E-state index is 13.1. The standard InChI is InChI=1S/C24H30N4O5/c1-15(2)21(26-24(32)33-14-16-7-4-3-5-8-16)20(29)12-17-11-19-13-18(27-28-19)9-6-10-25-23(31)22(17)30/h3-5,7-8,13,15,17,21H,6,9-12,14H2,1-2H3,(H,25,31)(H,26,32)(H,27,28). The first-order chi connectivity index (χ1) is 15.8. The lowest BCUT2D eigenvalue weighted by molar-refractivity contribution is -0.141. The van der Waals surface area contributed by atoms with Crippen LogP contribution in [-0.4, -0.2) is 46.4 Å². The number of amides is 2. The molecule has 1 aromatic carbocycles. The molecule has 9 heteroatoms. The van der Waals surface area contributed by atoms with Gasteiger partial charge in [-0.3, -0.25) is 19.5 Å². The zero-order chi connectivity index (χ0) is 23.8. The van der Waals surface area contributed by atoms with E-state index < -0.39 is 29.7 Å². The Kier molecular flexibility index (Phi) is 8.34. The average Bonchev–Trinajstić information content (AvgIpc) is 3.24. The third-order valence-corrected chi connectivity index (χ3v) is 5.59. The molecule has 1 aliphatic rings. The zero-order valence-corrected chi connectivity index (χ0v) is 18.9. The number of carbonyl (C=O) groups excluding carboxylic acids is 4. The van der Waals surface area contributed by atoms with E-state index in [9.17, 15) is 19.2 Å². The number of hydrogen-bond donors (Lipinski definition) is 3. The van der Waals surface area contributed by atoms with E-state index in [2.05, 4.69) is 20.8 Å². The fraction of sp³-hybridized carbons (Fsp3) is 0.458. The van der Waals surface area contributed by atoms with Gasteiger partial charge in [-0.15, -0.1) is 0 Å². The SMILES string of the molecule is CC(C)C(NC(=O)OCc1ccccc1)C(=O)CC1Cc2cc(n[nH]2)CCCNC(=O)C1=O. The molecule has 2 aromatic rings. The van der Waals surface area contributed by atoms with Crippen molar-refractivity contribution >= 4 is 23.6 Å². The Labute approximate surface area is 192 Å². The number of aromatic nitrogens is 2. The molecule has 2 amide bonds. The Morgan fingerprint density at radius 1 is 1.21 bits per heavy atom. The Morgan fingerprint density at radius 3 is 2.70 bits per heavy atom. The Bertz CT molecular complexity index is 986. The molecule has 2 atom stereocenters. The van der Waals surface area contributed by atoms with E-state index in [4.69, 9.17) is 4.74 Å². The van der Waals surface area contributed by atoms with Crippen molar-refractivity contribution in [3.05, 3.63) is 53.3 Å². The van der Waals surface area contributed by atoms with Gasteiger partial charge in [-0.1, -0.05) is 44.2 Å². The molecule has 1 aromatic heterocycles. The number of aromatic amines is 1. The van der Waals surface area contributed by atoms with Gasteiger partial charge in [-0.05, 0) is 36.8 Å². The molecule has 9 nitrogen and oxygen atoms in total. The van der Waals surface area contributed by atoms with E-state index in [1.165, 1.54) is 0 Å². The summed E-state index contributed by atoms with van der Waals surface area (Å²) in [4.78, 5) is 50.5. The van der Waals surface area contributed by atoms with Crippen LogP contribution >= 0.6 is 0 Å². The van der Waals surface area contributed by atoms with Crippen LogP contribution in [0, 0.1) is 11.8 Å². The molecule has 0 aliphatic carbocycles. The van der Waals surface area contributed by atoms with Crippen LogP contribution in [0.25, 0.3) is 0 Å². The van der Waals surface area contributed by atoms with Gasteiger partial charge in [0.05, 0.1) is 11.7 Å². The van der Waals surface area contributed by atoms with E-state index in [1.807, 2.05) is 36.4 Å². The number of ether oxygens (including phenoxy) is 1. The fourth-order valence-corrected chi connectivity index (χ4v) is 3.79. The van der Waals surface area contributed by atoms with Crippen molar-refractivity contribution in [2.75, 3.05) is 6.54 Å². The first-order valence-electron chi connectivity index (χ1n) is 11.2. The molecular weight excluding hydrogens is 424 g/mol. The van der Waals surface area contributed by atoms with Crippen LogP contribution in [-0.2, 0) is 38.6 Å². The molecule has 0 radical (unpaired) electrons. The second-order valence-corrected chi connectivity index (χ2v) is 8.61. The number of benzene rings is 1. The van der Waals surface area contributed by atoms with E-state index in [1.54, 1.807) is 13.8 Å². The minimum atomic E-state index is -0.854. The van der Waals surface area contributed by atoms with Gasteiger partial charge in [0, 0.05) is 24.6 Å². The quantitative estimate of drug-likeness (QED) is 0.550. The number of fused-ring (bicyclic) bond motifs is 2. The molecule has 2 unspecified atom stereocenters. The highest BCUT2D eigenvalue weighted by Gasteiger charge is 2.33. The van der Waals surface area contributed by atoms with Gasteiger partial charge in [-0.2, -0.15) is 5.10 Å². The topological polar surface area (TPSA) is 130 Å². The van der Waals surface area contributed by atoms with Crippen LogP contribution in [0.3, 0.4) is 0 Å². The molecule has 2 heterocycles. The number of rotatable bonds is 7. The lowest BCUT2D eigenvalue weighted by Gasteiger charge is -2.23. The predicted octanol–water partition coefficient (Wildman–Crippen LogP) is 2.11. The Morgan fingerprint density at radius 2 is 1.97 bits per heavy atom. The van der Waals surface area contributed by atoms with Crippen molar-refractivity contribution in [2.24, 2.45) is 11.8 Å². The average molecular weight is 455 g/mol. The summed E-state index contributed by atoms with van der Waals surface area (Å²) in [6.45, 7) is 4.03. The minimum Gasteiger partial charge on any atom is -0.445 e. The molecule has 0 saturated heterocycles. The summed E-state index contributed by atoms with van der Waals surface area (Å²) >= 11 is 0. The summed E-state index contributed by atoms with van der Waals surface area (Å²) in [6.07, 6.45) is 0.642. The van der Waals surface area contributed by atoms with E-state index >= 15 is 0 Å². The maximum absolute atomic E-state index is 13.1. The maximum Gasteiger partial charge on any atom is 0.408 e. The number of Topliss-reactive ketones (excluding diaryl/α,β-unsaturated/α-hetero) is 2. The molecule has 0 fully saturated rings. The van der Waals surface area contributed by atoms with Crippen molar-refractivity contribution in [3.8, 4) is 0 Å². The van der Waals surface area contributed by atoms with Crippen molar-refractivity contribution < 1.29 is 23.9 Å². The molecule has 3 rings (SSSR count). The van der Waals surface area contributed by atoms with Gasteiger partial charge in [-0.25, -0.2) is 4.79 Å². The number of aryl methyl sites for hydroxylation is 1. The van der Waals surface area contributed by atoms with Crippen LogP contribution in [0.1, 0.15) is 43.6 Å². The van der Waals surface area contributed by atoms with Crippen molar-refractivity contribution in [2.45, 2.75) is 52.2 Å². The highest BCUT2D eigenvalue weighted by molar-refractivity contribution is 6.37. The normalized spacial score (nSPS) is 17.6. The van der Waals surface area contributed by atoms with Crippen LogP contribution in [0.5, 0.6) is 0 Å². The molecule has 0 spiro atoms. The van der Waals surface area contributed by atoms with Crippen LogP contribution in [0.2, 0.25) is 0 Å². The second-order valence-electron chi connectivity index (χ2n) is 8.61. The lowest BCUT2D eigenvalue weighted by atomic mass is 9.87. The van der Waals surface area contributed by atoms with Gasteiger partial charge in [0.1, 0.15) is 6.61 Å². The summed E-state index contributed by atoms with van der Waals surface area (Å²) < 4.78 is 5.24. The Balaban J connectivity index is 1.66. The molecule has 3 N–H and O–H groups in total. The van der Waals surface area contributed by atoms with Gasteiger partial charge < -0.3 is 15.4 Å². The fourth-order valence-electron chi connectivity index (χ4n) is 3.79. The summed E-state index contributed by atoms with van der Waals surface area (Å²) in [5.74, 6) is -2.75. The molecule has 1 aliphatic heterocycles. The number of ketones is 2. The second kappa shape index (κ2) is 11.4. The number of nitrogens with one attached hydrogen (secondary N) is 3. The van der Waals surface area contributed by atoms with Crippen molar-refractivity contribution in [1.82, 2.24) is 20.8 Å². The molecule has 0 saturated carbocycles. The predicted molar refractivity (Wildman–Crippen MR) is 120 cm³/mol. The minimum absolute atomic E-state index is 0.0785. The van der Waals surface area contributed by atoms with Crippen LogP contribution < -0.4 is 10.6 Å². The lowest BCUT2D eigenvalue weighted by Crippen LogP contribution is -2.46. The Hall–Kier alpha value is -3.49. The first-order valence-corrected chi connectivity index (χ1v) is 11.2. The summed E-state index contributed by atoms with van der Waals surface area (Å²) in [5, 5.41) is 12.4. The largest absolute Gasteiger partial charge is 0.445 e. The van der Waals surface area contributed by atoms with E-state index in [0.717, 1.165) is 11.3 Å². The number of carbonyl (C=O) groups is 4. The molecule has 2 bridgehead atoms. The van der Waals surface area contributed by atoms with Gasteiger partial charge in [0.15, 0.2) is 5.78 Å².